The molecule has 3 atom stereocenters. The van der Waals surface area contributed by atoms with E-state index >= 15 is 0 Å². The Hall–Kier alpha value is -0.900. The van der Waals surface area contributed by atoms with E-state index < -0.39 is 0 Å². The van der Waals surface area contributed by atoms with Gasteiger partial charge < -0.3 is 10.6 Å². The Bertz CT molecular complexity index is 414. The van der Waals surface area contributed by atoms with Crippen LogP contribution in [0.3, 0.4) is 0 Å². The van der Waals surface area contributed by atoms with Crippen molar-refractivity contribution >= 4 is 0 Å². The third-order valence-corrected chi connectivity index (χ3v) is 5.06. The molecule has 3 nitrogen and oxygen atoms in total. The number of nitrogens with zero attached hydrogens (tertiary/aromatic N) is 1. The number of piperidine rings is 1. The SMILES string of the molecule is CC(NC1CCCNC1)C1CCN(Cc2ccccc2)C1. The minimum absolute atomic E-state index is 0.635. The quantitative estimate of drug-likeness (QED) is 0.870. The Labute approximate surface area is 129 Å². The summed E-state index contributed by atoms with van der Waals surface area (Å²) in [7, 11) is 0. The topological polar surface area (TPSA) is 27.3 Å². The van der Waals surface area contributed by atoms with Crippen molar-refractivity contribution < 1.29 is 0 Å². The highest BCUT2D eigenvalue weighted by atomic mass is 15.2. The molecule has 0 radical (unpaired) electrons. The predicted molar refractivity (Wildman–Crippen MR) is 88.3 cm³/mol. The fraction of sp³-hybridized carbons (Fsp3) is 0.667. The standard InChI is InChI=1S/C18H29N3/c1-15(20-18-8-5-10-19-12-18)17-9-11-21(14-17)13-16-6-3-2-4-7-16/h2-4,6-7,15,17-20H,5,8-14H2,1H3. The van der Waals surface area contributed by atoms with Gasteiger partial charge in [0.1, 0.15) is 0 Å². The molecule has 21 heavy (non-hydrogen) atoms. The van der Waals surface area contributed by atoms with Crippen molar-refractivity contribution in [1.29, 1.82) is 0 Å². The molecule has 1 aromatic rings. The zero-order chi connectivity index (χ0) is 14.5. The highest BCUT2D eigenvalue weighted by Crippen LogP contribution is 2.22. The van der Waals surface area contributed by atoms with Gasteiger partial charge in [0.25, 0.3) is 0 Å². The highest BCUT2D eigenvalue weighted by molar-refractivity contribution is 5.14. The first-order valence-corrected chi connectivity index (χ1v) is 8.54. The van der Waals surface area contributed by atoms with Crippen molar-refractivity contribution in [2.75, 3.05) is 26.2 Å². The molecule has 0 aromatic heterocycles. The fourth-order valence-corrected chi connectivity index (χ4v) is 3.76. The maximum atomic E-state index is 3.86. The third kappa shape index (κ3) is 4.29. The van der Waals surface area contributed by atoms with Gasteiger partial charge in [0.2, 0.25) is 0 Å². The van der Waals surface area contributed by atoms with Gasteiger partial charge in [-0.1, -0.05) is 30.3 Å². The molecule has 116 valence electrons. The summed E-state index contributed by atoms with van der Waals surface area (Å²) in [4.78, 5) is 2.61. The number of benzene rings is 1. The van der Waals surface area contributed by atoms with Crippen molar-refractivity contribution in [2.45, 2.75) is 44.8 Å². The minimum atomic E-state index is 0.635. The van der Waals surface area contributed by atoms with Crippen LogP contribution < -0.4 is 10.6 Å². The average Bonchev–Trinajstić information content (AvgIpc) is 2.98. The predicted octanol–water partition coefficient (Wildman–Crippen LogP) is 2.24. The summed E-state index contributed by atoms with van der Waals surface area (Å²) in [6, 6.07) is 12.2. The van der Waals surface area contributed by atoms with E-state index in [9.17, 15) is 0 Å². The Balaban J connectivity index is 1.45. The number of nitrogens with one attached hydrogen (secondary N) is 2. The van der Waals surface area contributed by atoms with Crippen LogP contribution in [-0.2, 0) is 6.54 Å². The number of likely N-dealkylation sites (tertiary alicyclic amines) is 1. The lowest BCUT2D eigenvalue weighted by Crippen LogP contribution is -2.49. The van der Waals surface area contributed by atoms with E-state index in [2.05, 4.69) is 52.8 Å². The van der Waals surface area contributed by atoms with E-state index in [4.69, 9.17) is 0 Å². The van der Waals surface area contributed by atoms with Crippen molar-refractivity contribution in [3.05, 3.63) is 35.9 Å². The normalized spacial score (nSPS) is 28.6. The molecule has 2 aliphatic heterocycles. The molecule has 3 heteroatoms. The first kappa shape index (κ1) is 15.0. The molecule has 2 N–H and O–H groups in total. The monoisotopic (exact) mass is 287 g/mol. The van der Waals surface area contributed by atoms with Crippen molar-refractivity contribution in [3.63, 3.8) is 0 Å². The smallest absolute Gasteiger partial charge is 0.0233 e. The second-order valence-electron chi connectivity index (χ2n) is 6.77. The molecular formula is C18H29N3. The molecule has 3 rings (SSSR count). The Morgan fingerprint density at radius 2 is 2.14 bits per heavy atom. The molecule has 1 aromatic carbocycles. The van der Waals surface area contributed by atoms with E-state index in [0.29, 0.717) is 12.1 Å². The van der Waals surface area contributed by atoms with Gasteiger partial charge in [-0.3, -0.25) is 4.90 Å². The first-order chi connectivity index (χ1) is 10.3. The van der Waals surface area contributed by atoms with Crippen molar-refractivity contribution in [3.8, 4) is 0 Å². The maximum absolute atomic E-state index is 3.86. The summed E-state index contributed by atoms with van der Waals surface area (Å²) >= 11 is 0. The number of rotatable bonds is 5. The molecule has 2 heterocycles. The summed E-state index contributed by atoms with van der Waals surface area (Å²) in [6.07, 6.45) is 3.98. The van der Waals surface area contributed by atoms with Gasteiger partial charge >= 0.3 is 0 Å². The zero-order valence-electron chi connectivity index (χ0n) is 13.2. The van der Waals surface area contributed by atoms with E-state index in [-0.39, 0.29) is 0 Å². The van der Waals surface area contributed by atoms with Crippen molar-refractivity contribution in [1.82, 2.24) is 15.5 Å². The Kier molecular flexibility index (Phi) is 5.28. The fourth-order valence-electron chi connectivity index (χ4n) is 3.76. The van der Waals surface area contributed by atoms with Crippen LogP contribution in [0, 0.1) is 5.92 Å². The second kappa shape index (κ2) is 7.39. The molecular weight excluding hydrogens is 258 g/mol. The lowest BCUT2D eigenvalue weighted by molar-refractivity contribution is 0.275. The molecule has 3 unspecified atom stereocenters. The summed E-state index contributed by atoms with van der Waals surface area (Å²) < 4.78 is 0. The van der Waals surface area contributed by atoms with Gasteiger partial charge in [-0.2, -0.15) is 0 Å². The lowest BCUT2D eigenvalue weighted by Gasteiger charge is -2.30. The maximum Gasteiger partial charge on any atom is 0.0233 e. The Morgan fingerprint density at radius 1 is 1.29 bits per heavy atom. The molecule has 2 aliphatic rings. The van der Waals surface area contributed by atoms with Crippen LogP contribution in [0.15, 0.2) is 30.3 Å². The van der Waals surface area contributed by atoms with E-state index in [1.807, 2.05) is 0 Å². The molecule has 0 saturated carbocycles. The molecule has 0 amide bonds. The third-order valence-electron chi connectivity index (χ3n) is 5.06. The average molecular weight is 287 g/mol. The number of hydrogen-bond acceptors (Lipinski definition) is 3. The van der Waals surface area contributed by atoms with Gasteiger partial charge in [0.05, 0.1) is 0 Å². The lowest BCUT2D eigenvalue weighted by atomic mass is 9.98. The molecule has 0 aliphatic carbocycles. The van der Waals surface area contributed by atoms with Crippen LogP contribution in [0.2, 0.25) is 0 Å². The summed E-state index contributed by atoms with van der Waals surface area (Å²) in [5, 5.41) is 7.36. The Morgan fingerprint density at radius 3 is 2.90 bits per heavy atom. The highest BCUT2D eigenvalue weighted by Gasteiger charge is 2.28. The van der Waals surface area contributed by atoms with E-state index in [0.717, 1.165) is 19.0 Å². The van der Waals surface area contributed by atoms with Crippen LogP contribution >= 0.6 is 0 Å². The summed E-state index contributed by atoms with van der Waals surface area (Å²) in [5.74, 6) is 0.802. The van der Waals surface area contributed by atoms with E-state index in [1.54, 1.807) is 0 Å². The van der Waals surface area contributed by atoms with Crippen LogP contribution in [0.1, 0.15) is 31.7 Å². The molecule has 2 saturated heterocycles. The van der Waals surface area contributed by atoms with Crippen LogP contribution in [0.4, 0.5) is 0 Å². The summed E-state index contributed by atoms with van der Waals surface area (Å²) in [6.45, 7) is 8.31. The summed E-state index contributed by atoms with van der Waals surface area (Å²) in [5.41, 5.74) is 1.44. The van der Waals surface area contributed by atoms with Crippen LogP contribution in [0.25, 0.3) is 0 Å². The van der Waals surface area contributed by atoms with Gasteiger partial charge in [0, 0.05) is 31.7 Å². The van der Waals surface area contributed by atoms with Gasteiger partial charge in [0.15, 0.2) is 0 Å². The zero-order valence-corrected chi connectivity index (χ0v) is 13.2. The largest absolute Gasteiger partial charge is 0.315 e. The van der Waals surface area contributed by atoms with Crippen LogP contribution in [0.5, 0.6) is 0 Å². The van der Waals surface area contributed by atoms with Gasteiger partial charge in [-0.05, 0) is 50.8 Å². The molecule has 2 fully saturated rings. The van der Waals surface area contributed by atoms with Gasteiger partial charge in [-0.25, -0.2) is 0 Å². The molecule has 0 spiro atoms. The second-order valence-corrected chi connectivity index (χ2v) is 6.77. The minimum Gasteiger partial charge on any atom is -0.315 e. The molecule has 0 bridgehead atoms. The first-order valence-electron chi connectivity index (χ1n) is 8.54. The van der Waals surface area contributed by atoms with Crippen LogP contribution in [-0.4, -0.2) is 43.2 Å². The number of hydrogen-bond donors (Lipinski definition) is 2. The van der Waals surface area contributed by atoms with Crippen molar-refractivity contribution in [2.24, 2.45) is 5.92 Å². The van der Waals surface area contributed by atoms with E-state index in [1.165, 1.54) is 44.5 Å². The van der Waals surface area contributed by atoms with Gasteiger partial charge in [-0.15, -0.1) is 0 Å².